The summed E-state index contributed by atoms with van der Waals surface area (Å²) in [6, 6.07) is 1.93. The highest BCUT2D eigenvalue weighted by Gasteiger charge is 2.28. The summed E-state index contributed by atoms with van der Waals surface area (Å²) in [7, 11) is 0. The normalized spacial score (nSPS) is 21.0. The first-order valence-corrected chi connectivity index (χ1v) is 8.84. The first-order valence-electron chi connectivity index (χ1n) is 8.03. The largest absolute Gasteiger partial charge is 0.444 e. The number of nitrogens with zero attached hydrogens (tertiary/aromatic N) is 3. The summed E-state index contributed by atoms with van der Waals surface area (Å²) >= 11 is 1.11. The van der Waals surface area contributed by atoms with Crippen LogP contribution in [0.25, 0.3) is 0 Å². The van der Waals surface area contributed by atoms with Crippen LogP contribution in [-0.2, 0) is 4.74 Å². The van der Waals surface area contributed by atoms with Gasteiger partial charge in [-0.25, -0.2) is 4.79 Å². The van der Waals surface area contributed by atoms with E-state index in [2.05, 4.69) is 27.5 Å². The zero-order valence-corrected chi connectivity index (χ0v) is 15.4. The Labute approximate surface area is 147 Å². The molecule has 2 atom stereocenters. The molecule has 0 saturated carbocycles. The van der Waals surface area contributed by atoms with Crippen LogP contribution in [0.5, 0.6) is 0 Å². The Bertz CT molecular complexity index is 624. The Kier molecular flexibility index (Phi) is 5.94. The summed E-state index contributed by atoms with van der Waals surface area (Å²) in [6.45, 7) is 9.29. The number of thioether (sulfide) groups is 1. The first kappa shape index (κ1) is 18.4. The number of nitriles is 1. The number of anilines is 1. The Hall–Kier alpha value is -1.94. The standard InChI is InChI=1S/C17H24N4O2S/c1-12-7-13(20-16(22)23-17(2,3)4)10-21(9-12)14-5-6-19-8-15(14)24-11-18/h5-6,8,12-13H,7,9-10H2,1-4H3,(H,20,22)/t12-,13-/m0/s1. The number of aromatic nitrogens is 1. The number of hydrogen-bond donors (Lipinski definition) is 1. The molecule has 1 aromatic rings. The van der Waals surface area contributed by atoms with Crippen LogP contribution < -0.4 is 10.2 Å². The van der Waals surface area contributed by atoms with Crippen molar-refractivity contribution < 1.29 is 9.53 Å². The van der Waals surface area contributed by atoms with Crippen LogP contribution in [0, 0.1) is 16.6 Å². The summed E-state index contributed by atoms with van der Waals surface area (Å²) < 4.78 is 5.35. The third-order valence-corrected chi connectivity index (χ3v) is 4.27. The second-order valence-electron chi connectivity index (χ2n) is 7.13. The molecule has 0 spiro atoms. The second kappa shape index (κ2) is 7.75. The number of alkyl carbamates (subject to hydrolysis) is 1. The van der Waals surface area contributed by atoms with Gasteiger partial charge in [-0.2, -0.15) is 5.26 Å². The zero-order chi connectivity index (χ0) is 17.7. The average Bonchev–Trinajstić information content (AvgIpc) is 2.45. The lowest BCUT2D eigenvalue weighted by molar-refractivity contribution is 0.0495. The van der Waals surface area contributed by atoms with Crippen LogP contribution in [0.1, 0.15) is 34.1 Å². The molecule has 1 amide bonds. The van der Waals surface area contributed by atoms with Crippen molar-refractivity contribution in [1.82, 2.24) is 10.3 Å². The molecule has 1 aliphatic heterocycles. The molecule has 24 heavy (non-hydrogen) atoms. The van der Waals surface area contributed by atoms with Gasteiger partial charge >= 0.3 is 6.09 Å². The van der Waals surface area contributed by atoms with E-state index in [1.807, 2.05) is 26.8 Å². The molecule has 0 aromatic carbocycles. The van der Waals surface area contributed by atoms with Gasteiger partial charge < -0.3 is 15.0 Å². The van der Waals surface area contributed by atoms with Crippen molar-refractivity contribution in [2.24, 2.45) is 5.92 Å². The number of hydrogen-bond acceptors (Lipinski definition) is 6. The molecular formula is C17H24N4O2S. The quantitative estimate of drug-likeness (QED) is 0.666. The first-order chi connectivity index (χ1) is 11.3. The van der Waals surface area contributed by atoms with Gasteiger partial charge in [0.1, 0.15) is 11.0 Å². The summed E-state index contributed by atoms with van der Waals surface area (Å²) in [5, 5.41) is 14.0. The van der Waals surface area contributed by atoms with Crippen LogP contribution in [0.4, 0.5) is 10.5 Å². The Morgan fingerprint density at radius 3 is 2.92 bits per heavy atom. The molecule has 0 radical (unpaired) electrons. The van der Waals surface area contributed by atoms with Crippen LogP contribution in [0.3, 0.4) is 0 Å². The van der Waals surface area contributed by atoms with E-state index < -0.39 is 5.60 Å². The van der Waals surface area contributed by atoms with E-state index in [4.69, 9.17) is 10.00 Å². The Morgan fingerprint density at radius 1 is 1.50 bits per heavy atom. The fourth-order valence-electron chi connectivity index (χ4n) is 2.89. The maximum Gasteiger partial charge on any atom is 0.407 e. The number of amides is 1. The maximum atomic E-state index is 12.0. The van der Waals surface area contributed by atoms with Crippen LogP contribution in [-0.4, -0.2) is 35.8 Å². The molecule has 1 fully saturated rings. The van der Waals surface area contributed by atoms with E-state index in [0.717, 1.165) is 35.3 Å². The summed E-state index contributed by atoms with van der Waals surface area (Å²) in [4.78, 5) is 19.2. The predicted octanol–water partition coefficient (Wildman–Crippen LogP) is 3.39. The van der Waals surface area contributed by atoms with Crippen molar-refractivity contribution in [3.05, 3.63) is 18.5 Å². The smallest absolute Gasteiger partial charge is 0.407 e. The van der Waals surface area contributed by atoms with E-state index in [9.17, 15) is 4.79 Å². The van der Waals surface area contributed by atoms with Crippen molar-refractivity contribution in [3.8, 4) is 5.40 Å². The van der Waals surface area contributed by atoms with E-state index in [1.54, 1.807) is 12.4 Å². The molecule has 1 saturated heterocycles. The average molecular weight is 348 g/mol. The van der Waals surface area contributed by atoms with Gasteiger partial charge in [-0.15, -0.1) is 0 Å². The number of piperidine rings is 1. The van der Waals surface area contributed by atoms with Gasteiger partial charge in [0.2, 0.25) is 0 Å². The molecule has 0 aliphatic carbocycles. The molecule has 7 heteroatoms. The van der Waals surface area contributed by atoms with Gasteiger partial charge in [-0.3, -0.25) is 4.98 Å². The van der Waals surface area contributed by atoms with Crippen LogP contribution in [0.2, 0.25) is 0 Å². The monoisotopic (exact) mass is 348 g/mol. The number of pyridine rings is 1. The molecule has 1 aliphatic rings. The molecule has 2 rings (SSSR count). The lowest BCUT2D eigenvalue weighted by Gasteiger charge is -2.38. The van der Waals surface area contributed by atoms with Crippen molar-refractivity contribution in [1.29, 1.82) is 5.26 Å². The van der Waals surface area contributed by atoms with E-state index >= 15 is 0 Å². The maximum absolute atomic E-state index is 12.0. The van der Waals surface area contributed by atoms with Crippen molar-refractivity contribution >= 4 is 23.5 Å². The topological polar surface area (TPSA) is 78.2 Å². The van der Waals surface area contributed by atoms with E-state index in [1.165, 1.54) is 0 Å². The highest BCUT2D eigenvalue weighted by atomic mass is 32.2. The number of thiocyanates is 1. The number of nitrogens with one attached hydrogen (secondary N) is 1. The lowest BCUT2D eigenvalue weighted by Crippen LogP contribution is -2.51. The summed E-state index contributed by atoms with van der Waals surface area (Å²) in [5.74, 6) is 0.423. The molecule has 1 N–H and O–H groups in total. The minimum atomic E-state index is -0.508. The molecular weight excluding hydrogens is 324 g/mol. The van der Waals surface area contributed by atoms with E-state index in [-0.39, 0.29) is 12.1 Å². The minimum absolute atomic E-state index is 0.0108. The van der Waals surface area contributed by atoms with Crippen LogP contribution >= 0.6 is 11.8 Å². The molecule has 2 heterocycles. The van der Waals surface area contributed by atoms with Crippen LogP contribution in [0.15, 0.2) is 23.4 Å². The molecule has 1 aromatic heterocycles. The highest BCUT2D eigenvalue weighted by Crippen LogP contribution is 2.31. The second-order valence-corrected chi connectivity index (χ2v) is 7.95. The zero-order valence-electron chi connectivity index (χ0n) is 14.6. The molecule has 130 valence electrons. The lowest BCUT2D eigenvalue weighted by atomic mass is 9.95. The highest BCUT2D eigenvalue weighted by molar-refractivity contribution is 8.03. The van der Waals surface area contributed by atoms with Crippen molar-refractivity contribution in [3.63, 3.8) is 0 Å². The molecule has 6 nitrogen and oxygen atoms in total. The third-order valence-electron chi connectivity index (χ3n) is 3.64. The third kappa shape index (κ3) is 5.31. The Balaban J connectivity index is 2.08. The van der Waals surface area contributed by atoms with Gasteiger partial charge in [0.05, 0.1) is 10.6 Å². The van der Waals surface area contributed by atoms with Gasteiger partial charge in [-0.1, -0.05) is 6.92 Å². The molecule has 0 bridgehead atoms. The number of rotatable bonds is 3. The summed E-state index contributed by atoms with van der Waals surface area (Å²) in [5.41, 5.74) is 0.477. The summed E-state index contributed by atoms with van der Waals surface area (Å²) in [6.07, 6.45) is 3.95. The van der Waals surface area contributed by atoms with Gasteiger partial charge in [0.15, 0.2) is 0 Å². The SMILES string of the molecule is C[C@H]1C[C@H](NC(=O)OC(C)(C)C)CN(c2ccncc2SC#N)C1. The minimum Gasteiger partial charge on any atom is -0.444 e. The number of carbonyl (C=O) groups excluding carboxylic acids is 1. The van der Waals surface area contributed by atoms with E-state index in [0.29, 0.717) is 12.5 Å². The fourth-order valence-corrected chi connectivity index (χ4v) is 3.40. The Morgan fingerprint density at radius 2 is 2.25 bits per heavy atom. The fraction of sp³-hybridized carbons (Fsp3) is 0.588. The van der Waals surface area contributed by atoms with Gasteiger partial charge in [0, 0.05) is 31.5 Å². The van der Waals surface area contributed by atoms with Crippen molar-refractivity contribution in [2.75, 3.05) is 18.0 Å². The number of ether oxygens (including phenoxy) is 1. The number of carbonyl (C=O) groups is 1. The molecule has 0 unspecified atom stereocenters. The van der Waals surface area contributed by atoms with Gasteiger partial charge in [0.25, 0.3) is 0 Å². The van der Waals surface area contributed by atoms with Gasteiger partial charge in [-0.05, 0) is 50.9 Å². The predicted molar refractivity (Wildman–Crippen MR) is 94.9 cm³/mol. The van der Waals surface area contributed by atoms with Crippen molar-refractivity contribution in [2.45, 2.75) is 50.7 Å².